The molecule has 4 aromatic rings. The number of nitrogens with zero attached hydrogens (tertiary/aromatic N) is 8. The minimum absolute atomic E-state index is 0.00292. The third kappa shape index (κ3) is 5.84. The molecule has 5 heterocycles. The second-order valence-electron chi connectivity index (χ2n) is 13.9. The molecule has 16 heteroatoms. The first kappa shape index (κ1) is 33.7. The van der Waals surface area contributed by atoms with Gasteiger partial charge < -0.3 is 29.0 Å². The molecule has 8 rings (SSSR count). The van der Waals surface area contributed by atoms with E-state index in [0.29, 0.717) is 55.9 Å². The Balaban J connectivity index is 0.969. The molecule has 2 saturated heterocycles. The molecule has 272 valence electrons. The molecule has 1 amide bonds. The zero-order chi connectivity index (χ0) is 36.3. The molecule has 0 radical (unpaired) electrons. The Kier molecular flexibility index (Phi) is 8.64. The van der Waals surface area contributed by atoms with Crippen molar-refractivity contribution in [3.8, 4) is 5.75 Å². The highest BCUT2D eigenvalue weighted by Crippen LogP contribution is 2.45. The number of aromatic nitrogens is 4. The molecule has 52 heavy (non-hydrogen) atoms. The molecular weight excluding hydrogens is 678 g/mol. The number of halogens is 2. The number of hydrogen-bond donors (Lipinski definition) is 1. The number of likely N-dealkylation sites (tertiary alicyclic amines) is 1. The van der Waals surface area contributed by atoms with Crippen LogP contribution < -0.4 is 20.0 Å². The van der Waals surface area contributed by atoms with Crippen LogP contribution in [0.4, 0.5) is 20.2 Å². The average molecular weight is 717 g/mol. The summed E-state index contributed by atoms with van der Waals surface area (Å²) >= 11 is 0. The van der Waals surface area contributed by atoms with Crippen LogP contribution in [0.15, 0.2) is 46.6 Å². The van der Waals surface area contributed by atoms with Gasteiger partial charge in [0.05, 0.1) is 29.4 Å². The van der Waals surface area contributed by atoms with E-state index < -0.39 is 23.0 Å². The van der Waals surface area contributed by atoms with Crippen molar-refractivity contribution >= 4 is 39.9 Å². The van der Waals surface area contributed by atoms with Gasteiger partial charge in [-0.3, -0.25) is 19.2 Å². The number of carboxylic acids is 1. The molecule has 1 aliphatic carbocycles. The molecule has 0 unspecified atom stereocenters. The van der Waals surface area contributed by atoms with Gasteiger partial charge >= 0.3 is 5.97 Å². The van der Waals surface area contributed by atoms with Gasteiger partial charge in [-0.15, -0.1) is 5.10 Å². The number of ether oxygens (including phenoxy) is 1. The highest BCUT2D eigenvalue weighted by atomic mass is 19.1. The summed E-state index contributed by atoms with van der Waals surface area (Å²) < 4.78 is 39.4. The number of carbonyl (C=O) groups excluding carboxylic acids is 1. The summed E-state index contributed by atoms with van der Waals surface area (Å²) in [6.45, 7) is 3.43. The largest absolute Gasteiger partial charge is 0.492 e. The quantitative estimate of drug-likeness (QED) is 0.228. The normalized spacial score (nSPS) is 20.9. The molecule has 3 fully saturated rings. The maximum atomic E-state index is 16.1. The second kappa shape index (κ2) is 13.3. The smallest absolute Gasteiger partial charge is 0.341 e. The lowest BCUT2D eigenvalue weighted by atomic mass is 9.92. The summed E-state index contributed by atoms with van der Waals surface area (Å²) in [5, 5.41) is 22.3. The molecule has 0 spiro atoms. The van der Waals surface area contributed by atoms with E-state index in [1.807, 2.05) is 11.1 Å². The van der Waals surface area contributed by atoms with Gasteiger partial charge in [-0.05, 0) is 68.8 Å². The van der Waals surface area contributed by atoms with Crippen molar-refractivity contribution in [2.75, 3.05) is 50.2 Å². The summed E-state index contributed by atoms with van der Waals surface area (Å²) in [5.74, 6) is -2.26. The Morgan fingerprint density at radius 3 is 2.65 bits per heavy atom. The van der Waals surface area contributed by atoms with Crippen LogP contribution in [0.2, 0.25) is 0 Å². The highest BCUT2D eigenvalue weighted by molar-refractivity contribution is 6.54. The summed E-state index contributed by atoms with van der Waals surface area (Å²) in [7, 11) is 2.80. The number of carboxylic acid groups (broad SMARTS) is 1. The number of oxime groups is 1. The van der Waals surface area contributed by atoms with Crippen LogP contribution in [0.1, 0.15) is 59.8 Å². The van der Waals surface area contributed by atoms with Gasteiger partial charge in [0, 0.05) is 62.8 Å². The number of benzene rings is 2. The first-order valence-electron chi connectivity index (χ1n) is 17.5. The maximum Gasteiger partial charge on any atom is 0.341 e. The Bertz CT molecular complexity index is 2180. The van der Waals surface area contributed by atoms with Gasteiger partial charge in [0.2, 0.25) is 5.43 Å². The summed E-state index contributed by atoms with van der Waals surface area (Å²) in [6.07, 6.45) is 7.47. The summed E-state index contributed by atoms with van der Waals surface area (Å²) in [6, 6.07) is 5.47. The van der Waals surface area contributed by atoms with Crippen LogP contribution in [0, 0.1) is 17.6 Å². The van der Waals surface area contributed by atoms with Gasteiger partial charge in [-0.1, -0.05) is 10.4 Å². The maximum absolute atomic E-state index is 16.1. The molecule has 1 N–H and O–H groups in total. The zero-order valence-corrected chi connectivity index (χ0v) is 28.8. The number of rotatable bonds is 11. The molecule has 2 aromatic heterocycles. The molecule has 1 saturated carbocycles. The number of aromatic carboxylic acids is 1. The van der Waals surface area contributed by atoms with Crippen LogP contribution in [0.5, 0.6) is 5.75 Å². The number of amides is 1. The lowest BCUT2D eigenvalue weighted by Crippen LogP contribution is -2.44. The van der Waals surface area contributed by atoms with E-state index in [-0.39, 0.29) is 52.0 Å². The summed E-state index contributed by atoms with van der Waals surface area (Å²) in [4.78, 5) is 48.8. The number of hydrogen-bond acceptors (Lipinski definition) is 10. The Labute approximate surface area is 296 Å². The van der Waals surface area contributed by atoms with Crippen LogP contribution in [0.25, 0.3) is 10.9 Å². The van der Waals surface area contributed by atoms with E-state index >= 15 is 4.39 Å². The van der Waals surface area contributed by atoms with E-state index in [4.69, 9.17) is 9.57 Å². The predicted octanol–water partition coefficient (Wildman–Crippen LogP) is 3.80. The fourth-order valence-electron chi connectivity index (χ4n) is 8.18. The molecule has 2 aromatic carbocycles. The minimum atomic E-state index is -1.34. The van der Waals surface area contributed by atoms with E-state index in [9.17, 15) is 23.9 Å². The van der Waals surface area contributed by atoms with Gasteiger partial charge in [-0.25, -0.2) is 13.6 Å². The zero-order valence-electron chi connectivity index (χ0n) is 28.8. The molecular formula is C36H38F2N8O6. The SMILES string of the molecule is CO/N=C1/C(=O)N(CCCn2cc(CN3CCC[C@@H]4CN(c5c(F)cc6c(=O)c(C(=O)O)cn(C7CC7)c6c5OC)C[C@@H]43)nn2)c2ccc(F)cc21. The number of methoxy groups -OCH3 is 1. The van der Waals surface area contributed by atoms with Gasteiger partial charge in [0.15, 0.2) is 17.3 Å². The minimum Gasteiger partial charge on any atom is -0.492 e. The number of piperidine rings is 1. The Morgan fingerprint density at radius 1 is 1.08 bits per heavy atom. The standard InChI is InChI=1S/C36H38F2N8O6/c1-51-34-31-25(33(47)26(36(49)50)18-46(31)23-7-8-23)14-27(38)32(34)43-15-20-5-3-10-42(29(20)19-43)16-22-17-44(41-39-22)11-4-12-45-28-9-6-21(37)13-24(28)30(35(45)48)40-52-2/h6,9,13-14,17-18,20,23,29H,3-5,7-8,10-12,15-16,19H2,1-2H3,(H,49,50)/b40-30+/t20-,29+/m1/s1. The third-order valence-corrected chi connectivity index (χ3v) is 10.6. The lowest BCUT2D eigenvalue weighted by molar-refractivity contribution is -0.112. The van der Waals surface area contributed by atoms with Crippen LogP contribution in [-0.2, 0) is 22.7 Å². The lowest BCUT2D eigenvalue weighted by Gasteiger charge is -2.36. The van der Waals surface area contributed by atoms with Gasteiger partial charge in [0.25, 0.3) is 5.91 Å². The number of anilines is 2. The van der Waals surface area contributed by atoms with Gasteiger partial charge in [-0.2, -0.15) is 0 Å². The van der Waals surface area contributed by atoms with Crippen LogP contribution >= 0.6 is 0 Å². The van der Waals surface area contributed by atoms with E-state index in [1.54, 1.807) is 20.2 Å². The number of carbonyl (C=O) groups is 2. The van der Waals surface area contributed by atoms with Crippen molar-refractivity contribution in [2.45, 2.75) is 57.3 Å². The summed E-state index contributed by atoms with van der Waals surface area (Å²) in [5.41, 5.74) is 1.45. The first-order valence-corrected chi connectivity index (χ1v) is 17.5. The monoisotopic (exact) mass is 716 g/mol. The van der Waals surface area contributed by atoms with Crippen molar-refractivity contribution < 1.29 is 33.1 Å². The Hall–Kier alpha value is -5.38. The fraction of sp³-hybridized carbons (Fsp3) is 0.444. The molecule has 0 bridgehead atoms. The Morgan fingerprint density at radius 2 is 1.90 bits per heavy atom. The van der Waals surface area contributed by atoms with Crippen LogP contribution in [0.3, 0.4) is 0 Å². The van der Waals surface area contributed by atoms with E-state index in [2.05, 4.69) is 20.4 Å². The van der Waals surface area contributed by atoms with Crippen molar-refractivity contribution in [3.05, 3.63) is 75.3 Å². The highest BCUT2D eigenvalue weighted by Gasteiger charge is 2.42. The fourth-order valence-corrected chi connectivity index (χ4v) is 8.18. The number of pyridine rings is 1. The predicted molar refractivity (Wildman–Crippen MR) is 186 cm³/mol. The molecule has 4 aliphatic rings. The first-order chi connectivity index (χ1) is 25.2. The van der Waals surface area contributed by atoms with Crippen molar-refractivity contribution in [3.63, 3.8) is 0 Å². The van der Waals surface area contributed by atoms with Crippen molar-refractivity contribution in [1.82, 2.24) is 24.5 Å². The van der Waals surface area contributed by atoms with Crippen LogP contribution in [-0.4, -0.2) is 93.6 Å². The van der Waals surface area contributed by atoms with Crippen molar-refractivity contribution in [1.29, 1.82) is 0 Å². The van der Waals surface area contributed by atoms with Gasteiger partial charge in [0.1, 0.15) is 24.2 Å². The van der Waals surface area contributed by atoms with E-state index in [1.165, 1.54) is 38.6 Å². The molecule has 3 aliphatic heterocycles. The molecule has 14 nitrogen and oxygen atoms in total. The third-order valence-electron chi connectivity index (χ3n) is 10.6. The van der Waals surface area contributed by atoms with E-state index in [0.717, 1.165) is 37.9 Å². The average Bonchev–Trinajstić information content (AvgIpc) is 3.63. The second-order valence-corrected chi connectivity index (χ2v) is 13.9. The number of aryl methyl sites for hydroxylation is 1. The molecule has 2 atom stereocenters. The topological polar surface area (TPSA) is 148 Å². The number of fused-ring (bicyclic) bond motifs is 3. The van der Waals surface area contributed by atoms with Crippen molar-refractivity contribution in [2.24, 2.45) is 11.1 Å².